The van der Waals surface area contributed by atoms with Crippen molar-refractivity contribution < 1.29 is 18.6 Å². The van der Waals surface area contributed by atoms with E-state index in [1.807, 2.05) is 31.4 Å². The molecule has 166 valence electrons. The Labute approximate surface area is 186 Å². The van der Waals surface area contributed by atoms with Gasteiger partial charge in [0.2, 0.25) is 0 Å². The van der Waals surface area contributed by atoms with Gasteiger partial charge in [0, 0.05) is 12.9 Å². The Bertz CT molecular complexity index is 996. The van der Waals surface area contributed by atoms with Crippen molar-refractivity contribution in [1.82, 2.24) is 14.8 Å². The fourth-order valence-electron chi connectivity index (χ4n) is 3.11. The van der Waals surface area contributed by atoms with E-state index in [2.05, 4.69) is 22.3 Å². The Balaban J connectivity index is 1.65. The molecule has 3 rings (SSSR count). The van der Waals surface area contributed by atoms with Crippen LogP contribution in [0.5, 0.6) is 11.5 Å². The zero-order chi connectivity index (χ0) is 22.2. The molecule has 6 nitrogen and oxygen atoms in total. The molecule has 1 aromatic heterocycles. The molecule has 0 spiro atoms. The van der Waals surface area contributed by atoms with Crippen LogP contribution in [0.25, 0.3) is 0 Å². The van der Waals surface area contributed by atoms with Crippen LogP contribution < -0.4 is 9.47 Å². The molecular formula is C23H28FN3O3S. The van der Waals surface area contributed by atoms with Gasteiger partial charge in [-0.1, -0.05) is 36.0 Å². The van der Waals surface area contributed by atoms with Gasteiger partial charge in [-0.3, -0.25) is 4.57 Å². The number of aromatic nitrogens is 3. The average molecular weight is 446 g/mol. The Morgan fingerprint density at radius 2 is 1.87 bits per heavy atom. The Morgan fingerprint density at radius 3 is 2.65 bits per heavy atom. The molecule has 0 aliphatic carbocycles. The molecule has 0 unspecified atom stereocenters. The Hall–Kier alpha value is -2.58. The predicted molar refractivity (Wildman–Crippen MR) is 119 cm³/mol. The quantitative estimate of drug-likeness (QED) is 0.306. The first-order chi connectivity index (χ1) is 15.0. The summed E-state index contributed by atoms with van der Waals surface area (Å²) in [6.07, 6.45) is 0. The van der Waals surface area contributed by atoms with Crippen LogP contribution in [0, 0.1) is 19.7 Å². The van der Waals surface area contributed by atoms with Crippen molar-refractivity contribution >= 4 is 11.8 Å². The number of aryl methyl sites for hydroxylation is 2. The lowest BCUT2D eigenvalue weighted by Crippen LogP contribution is -2.17. The first-order valence-electron chi connectivity index (χ1n) is 10.1. The minimum Gasteiger partial charge on any atom is -0.492 e. The van der Waals surface area contributed by atoms with Gasteiger partial charge in [0.1, 0.15) is 12.4 Å². The maximum absolute atomic E-state index is 13.9. The molecule has 31 heavy (non-hydrogen) atoms. The van der Waals surface area contributed by atoms with E-state index in [0.717, 1.165) is 16.5 Å². The SMILES string of the molecule is COC[C@H](C)n1c(COc2ccccc2F)nnc1SCCOc1cc(C)ccc1C. The topological polar surface area (TPSA) is 58.4 Å². The first kappa shape index (κ1) is 23.1. The number of halogens is 1. The highest BCUT2D eigenvalue weighted by molar-refractivity contribution is 7.99. The third kappa shape index (κ3) is 6.21. The molecule has 0 saturated heterocycles. The van der Waals surface area contributed by atoms with Gasteiger partial charge < -0.3 is 14.2 Å². The van der Waals surface area contributed by atoms with E-state index in [-0.39, 0.29) is 18.4 Å². The Kier molecular flexibility index (Phi) is 8.31. The van der Waals surface area contributed by atoms with E-state index in [4.69, 9.17) is 14.2 Å². The zero-order valence-electron chi connectivity index (χ0n) is 18.3. The van der Waals surface area contributed by atoms with Gasteiger partial charge in [0.15, 0.2) is 22.5 Å². The maximum Gasteiger partial charge on any atom is 0.191 e. The monoisotopic (exact) mass is 445 g/mol. The summed E-state index contributed by atoms with van der Waals surface area (Å²) in [6.45, 7) is 7.26. The number of benzene rings is 2. The van der Waals surface area contributed by atoms with E-state index >= 15 is 0 Å². The second-order valence-corrected chi connectivity index (χ2v) is 8.32. The smallest absolute Gasteiger partial charge is 0.191 e. The molecule has 0 aliphatic rings. The van der Waals surface area contributed by atoms with Gasteiger partial charge in [-0.15, -0.1) is 10.2 Å². The first-order valence-corrected chi connectivity index (χ1v) is 11.1. The highest BCUT2D eigenvalue weighted by atomic mass is 32.2. The molecule has 0 amide bonds. The second kappa shape index (κ2) is 11.2. The number of nitrogens with zero attached hydrogens (tertiary/aromatic N) is 3. The summed E-state index contributed by atoms with van der Waals surface area (Å²) in [5.74, 6) is 2.00. The zero-order valence-corrected chi connectivity index (χ0v) is 19.1. The van der Waals surface area contributed by atoms with Gasteiger partial charge in [-0.25, -0.2) is 4.39 Å². The number of methoxy groups -OCH3 is 1. The highest BCUT2D eigenvalue weighted by Gasteiger charge is 2.19. The van der Waals surface area contributed by atoms with Crippen molar-refractivity contribution in [3.63, 3.8) is 0 Å². The number of hydrogen-bond donors (Lipinski definition) is 0. The highest BCUT2D eigenvalue weighted by Crippen LogP contribution is 2.25. The maximum atomic E-state index is 13.9. The Morgan fingerprint density at radius 1 is 1.06 bits per heavy atom. The predicted octanol–water partition coefficient (Wildman–Crippen LogP) is 4.99. The second-order valence-electron chi connectivity index (χ2n) is 7.26. The minimum absolute atomic E-state index is 0.00153. The van der Waals surface area contributed by atoms with Crippen LogP contribution in [0.2, 0.25) is 0 Å². The molecule has 0 radical (unpaired) electrons. The van der Waals surface area contributed by atoms with Crippen molar-refractivity contribution in [2.45, 2.75) is 38.6 Å². The summed E-state index contributed by atoms with van der Waals surface area (Å²) >= 11 is 1.56. The van der Waals surface area contributed by atoms with Crippen LogP contribution in [0.1, 0.15) is 29.9 Å². The minimum atomic E-state index is -0.406. The van der Waals surface area contributed by atoms with Gasteiger partial charge in [-0.2, -0.15) is 0 Å². The van der Waals surface area contributed by atoms with Gasteiger partial charge in [-0.05, 0) is 50.1 Å². The van der Waals surface area contributed by atoms with Crippen LogP contribution in [0.4, 0.5) is 4.39 Å². The normalized spacial score (nSPS) is 12.0. The number of para-hydroxylation sites is 1. The molecule has 3 aromatic rings. The summed E-state index contributed by atoms with van der Waals surface area (Å²) < 4.78 is 32.7. The van der Waals surface area contributed by atoms with E-state index in [1.54, 1.807) is 37.1 Å². The molecule has 2 aromatic carbocycles. The average Bonchev–Trinajstić information content (AvgIpc) is 3.16. The summed E-state index contributed by atoms with van der Waals surface area (Å²) in [4.78, 5) is 0. The molecule has 0 fully saturated rings. The lowest BCUT2D eigenvalue weighted by Gasteiger charge is -2.17. The molecule has 8 heteroatoms. The molecule has 0 N–H and O–H groups in total. The van der Waals surface area contributed by atoms with Crippen LogP contribution in [0.3, 0.4) is 0 Å². The lowest BCUT2D eigenvalue weighted by molar-refractivity contribution is 0.154. The van der Waals surface area contributed by atoms with Crippen molar-refractivity contribution in [2.24, 2.45) is 0 Å². The lowest BCUT2D eigenvalue weighted by atomic mass is 10.1. The molecular weight excluding hydrogens is 417 g/mol. The molecule has 0 bridgehead atoms. The summed E-state index contributed by atoms with van der Waals surface area (Å²) in [6, 6.07) is 12.5. The van der Waals surface area contributed by atoms with Crippen molar-refractivity contribution in [3.05, 3.63) is 65.2 Å². The summed E-state index contributed by atoms with van der Waals surface area (Å²) in [5.41, 5.74) is 2.28. The third-order valence-electron chi connectivity index (χ3n) is 4.69. The van der Waals surface area contributed by atoms with Crippen LogP contribution >= 0.6 is 11.8 Å². The molecule has 1 heterocycles. The number of thioether (sulfide) groups is 1. The van der Waals surface area contributed by atoms with E-state index < -0.39 is 5.82 Å². The van der Waals surface area contributed by atoms with Crippen molar-refractivity contribution in [2.75, 3.05) is 26.1 Å². The number of rotatable bonds is 11. The molecule has 0 saturated carbocycles. The van der Waals surface area contributed by atoms with E-state index in [9.17, 15) is 4.39 Å². The van der Waals surface area contributed by atoms with Crippen LogP contribution in [-0.2, 0) is 11.3 Å². The van der Waals surface area contributed by atoms with Gasteiger partial charge >= 0.3 is 0 Å². The van der Waals surface area contributed by atoms with E-state index in [0.29, 0.717) is 24.8 Å². The summed E-state index contributed by atoms with van der Waals surface area (Å²) in [7, 11) is 1.65. The van der Waals surface area contributed by atoms with Crippen LogP contribution in [-0.4, -0.2) is 40.8 Å². The fraction of sp³-hybridized carbons (Fsp3) is 0.391. The van der Waals surface area contributed by atoms with Crippen LogP contribution in [0.15, 0.2) is 47.6 Å². The number of hydrogen-bond acceptors (Lipinski definition) is 6. The van der Waals surface area contributed by atoms with Crippen molar-refractivity contribution in [3.8, 4) is 11.5 Å². The largest absolute Gasteiger partial charge is 0.492 e. The van der Waals surface area contributed by atoms with Crippen molar-refractivity contribution in [1.29, 1.82) is 0 Å². The van der Waals surface area contributed by atoms with Gasteiger partial charge in [0.05, 0.1) is 19.3 Å². The molecule has 0 aliphatic heterocycles. The van der Waals surface area contributed by atoms with Gasteiger partial charge in [0.25, 0.3) is 0 Å². The fourth-order valence-corrected chi connectivity index (χ4v) is 3.99. The summed E-state index contributed by atoms with van der Waals surface area (Å²) in [5, 5.41) is 9.35. The standard InChI is InChI=1S/C23H28FN3O3S/c1-16-9-10-17(2)21(13-16)29-11-12-31-23-26-25-22(27(23)18(3)14-28-4)15-30-20-8-6-5-7-19(20)24/h5-10,13,18H,11-12,14-15H2,1-4H3/t18-/m0/s1. The molecule has 1 atom stereocenters. The number of ether oxygens (including phenoxy) is 3. The van der Waals surface area contributed by atoms with E-state index in [1.165, 1.54) is 11.6 Å². The third-order valence-corrected chi connectivity index (χ3v) is 5.60.